The summed E-state index contributed by atoms with van der Waals surface area (Å²) >= 11 is 0. The first-order valence-corrected chi connectivity index (χ1v) is 3.01. The molecule has 0 heterocycles. The second-order valence-electron chi connectivity index (χ2n) is 1.69. The van der Waals surface area contributed by atoms with E-state index in [-0.39, 0.29) is 6.17 Å². The number of amides is 1. The summed E-state index contributed by atoms with van der Waals surface area (Å²) < 4.78 is 0. The number of hydrogen-bond acceptors (Lipinski definition) is 2. The minimum Gasteiger partial charge on any atom is -0.340 e. The molecule has 3 nitrogen and oxygen atoms in total. The van der Waals surface area contributed by atoms with Gasteiger partial charge in [0.1, 0.15) is 0 Å². The molecule has 0 saturated carbocycles. The second-order valence-corrected chi connectivity index (χ2v) is 1.69. The van der Waals surface area contributed by atoms with Crippen LogP contribution in [-0.4, -0.2) is 19.1 Å². The molecular weight excluding hydrogens is 128 g/mol. The number of rotatable bonds is 6. The molecule has 0 aromatic carbocycles. The van der Waals surface area contributed by atoms with Crippen molar-refractivity contribution >= 4 is 6.41 Å². The van der Waals surface area contributed by atoms with Crippen molar-refractivity contribution < 1.29 is 4.79 Å². The molecule has 0 aliphatic heterocycles. The molecule has 1 amide bonds. The van der Waals surface area contributed by atoms with Gasteiger partial charge in [0.2, 0.25) is 6.41 Å². The zero-order valence-electron chi connectivity index (χ0n) is 5.84. The van der Waals surface area contributed by atoms with Crippen LogP contribution in [0, 0.1) is 0 Å². The fourth-order valence-corrected chi connectivity index (χ4v) is 0.494. The Bertz CT molecular complexity index is 123. The summed E-state index contributed by atoms with van der Waals surface area (Å²) in [6.45, 7) is 7.68. The summed E-state index contributed by atoms with van der Waals surface area (Å²) in [5.74, 6) is 0. The van der Waals surface area contributed by atoms with E-state index in [4.69, 9.17) is 0 Å². The highest BCUT2D eigenvalue weighted by Gasteiger charge is 1.95. The van der Waals surface area contributed by atoms with Crippen LogP contribution in [0.3, 0.4) is 0 Å². The van der Waals surface area contributed by atoms with Crippen LogP contribution in [0.4, 0.5) is 0 Å². The zero-order valence-corrected chi connectivity index (χ0v) is 5.84. The van der Waals surface area contributed by atoms with Gasteiger partial charge in [-0.05, 0) is 0 Å². The molecule has 0 aliphatic rings. The van der Waals surface area contributed by atoms with Crippen LogP contribution in [0.5, 0.6) is 0 Å². The van der Waals surface area contributed by atoms with Crippen molar-refractivity contribution in [3.8, 4) is 0 Å². The molecule has 56 valence electrons. The van der Waals surface area contributed by atoms with Crippen molar-refractivity contribution in [1.82, 2.24) is 10.6 Å². The molecule has 0 aromatic heterocycles. The molecule has 0 rings (SSSR count). The van der Waals surface area contributed by atoms with E-state index in [1.807, 2.05) is 0 Å². The molecule has 10 heavy (non-hydrogen) atoms. The molecule has 1 atom stereocenters. The van der Waals surface area contributed by atoms with E-state index < -0.39 is 0 Å². The van der Waals surface area contributed by atoms with E-state index >= 15 is 0 Å². The highest BCUT2D eigenvalue weighted by atomic mass is 16.1. The molecule has 0 saturated heterocycles. The zero-order chi connectivity index (χ0) is 7.82. The van der Waals surface area contributed by atoms with Crippen molar-refractivity contribution in [2.45, 2.75) is 6.17 Å². The Labute approximate surface area is 60.8 Å². The molecule has 3 heteroatoms. The first-order chi connectivity index (χ1) is 4.85. The van der Waals surface area contributed by atoms with Crippen molar-refractivity contribution in [3.05, 3.63) is 25.3 Å². The predicted molar refractivity (Wildman–Crippen MR) is 41.4 cm³/mol. The molecule has 1 unspecified atom stereocenters. The minimum absolute atomic E-state index is 0.157. The van der Waals surface area contributed by atoms with Gasteiger partial charge in [-0.3, -0.25) is 10.1 Å². The fourth-order valence-electron chi connectivity index (χ4n) is 0.494. The molecule has 2 N–H and O–H groups in total. The van der Waals surface area contributed by atoms with Crippen LogP contribution < -0.4 is 10.6 Å². The third kappa shape index (κ3) is 3.86. The third-order valence-electron chi connectivity index (χ3n) is 0.965. The molecular formula is C7H12N2O. The minimum atomic E-state index is -0.157. The summed E-state index contributed by atoms with van der Waals surface area (Å²) in [6.07, 6.45) is 3.79. The first kappa shape index (κ1) is 8.91. The van der Waals surface area contributed by atoms with Crippen molar-refractivity contribution in [2.75, 3.05) is 6.54 Å². The van der Waals surface area contributed by atoms with E-state index in [1.165, 1.54) is 0 Å². The summed E-state index contributed by atoms with van der Waals surface area (Å²) in [7, 11) is 0. The Morgan fingerprint density at radius 2 is 2.20 bits per heavy atom. The lowest BCUT2D eigenvalue weighted by molar-refractivity contribution is -0.110. The van der Waals surface area contributed by atoms with E-state index in [0.717, 1.165) is 0 Å². The maximum atomic E-state index is 9.91. The van der Waals surface area contributed by atoms with Gasteiger partial charge in [0.25, 0.3) is 0 Å². The normalized spacial score (nSPS) is 11.6. The topological polar surface area (TPSA) is 41.1 Å². The van der Waals surface area contributed by atoms with Crippen LogP contribution in [0.15, 0.2) is 25.3 Å². The Balaban J connectivity index is 3.47. The van der Waals surface area contributed by atoms with Crippen molar-refractivity contribution in [3.63, 3.8) is 0 Å². The summed E-state index contributed by atoms with van der Waals surface area (Å²) in [5, 5.41) is 5.45. The lowest BCUT2D eigenvalue weighted by atomic mass is 10.4. The van der Waals surface area contributed by atoms with E-state index in [9.17, 15) is 4.79 Å². The maximum absolute atomic E-state index is 9.91. The Kier molecular flexibility index (Phi) is 5.38. The van der Waals surface area contributed by atoms with Gasteiger partial charge in [0.05, 0.1) is 6.17 Å². The summed E-state index contributed by atoms with van der Waals surface area (Å²) in [6, 6.07) is 0. The van der Waals surface area contributed by atoms with Crippen LogP contribution in [0.2, 0.25) is 0 Å². The largest absolute Gasteiger partial charge is 0.340 e. The van der Waals surface area contributed by atoms with Gasteiger partial charge in [0.15, 0.2) is 0 Å². The van der Waals surface area contributed by atoms with Crippen LogP contribution in [0.1, 0.15) is 0 Å². The number of nitrogens with one attached hydrogen (secondary N) is 2. The van der Waals surface area contributed by atoms with Gasteiger partial charge >= 0.3 is 0 Å². The maximum Gasteiger partial charge on any atom is 0.208 e. The van der Waals surface area contributed by atoms with Crippen LogP contribution in [0.25, 0.3) is 0 Å². The van der Waals surface area contributed by atoms with Gasteiger partial charge < -0.3 is 5.32 Å². The van der Waals surface area contributed by atoms with Gasteiger partial charge in [-0.15, -0.1) is 6.58 Å². The predicted octanol–water partition coefficient (Wildman–Crippen LogP) is 0.0201. The lowest BCUT2D eigenvalue weighted by Gasteiger charge is -2.10. The molecule has 0 spiro atoms. The molecule has 0 fully saturated rings. The van der Waals surface area contributed by atoms with E-state index in [1.54, 1.807) is 12.2 Å². The second kappa shape index (κ2) is 6.04. The first-order valence-electron chi connectivity index (χ1n) is 3.01. The monoisotopic (exact) mass is 140 g/mol. The molecule has 0 aliphatic carbocycles. The number of carbonyl (C=O) groups is 1. The molecule has 0 radical (unpaired) electrons. The van der Waals surface area contributed by atoms with Crippen LogP contribution >= 0.6 is 0 Å². The Hall–Kier alpha value is -1.09. The standard InChI is InChI=1S/C7H12N2O/c1-3-5-8-7(4-2)9-6-10/h3-4,6-8H,1-2,5H2,(H,9,10). The SMILES string of the molecule is C=CCNC(C=C)NC=O. The lowest BCUT2D eigenvalue weighted by Crippen LogP contribution is -2.39. The summed E-state index contributed by atoms with van der Waals surface area (Å²) in [4.78, 5) is 9.91. The van der Waals surface area contributed by atoms with Gasteiger partial charge in [-0.2, -0.15) is 0 Å². The molecule has 0 bridgehead atoms. The molecule has 0 aromatic rings. The van der Waals surface area contributed by atoms with Gasteiger partial charge in [-0.25, -0.2) is 0 Å². The van der Waals surface area contributed by atoms with E-state index in [2.05, 4.69) is 23.8 Å². The average Bonchev–Trinajstić information content (AvgIpc) is 1.98. The van der Waals surface area contributed by atoms with Crippen molar-refractivity contribution in [2.24, 2.45) is 0 Å². The third-order valence-corrected chi connectivity index (χ3v) is 0.965. The summed E-state index contributed by atoms with van der Waals surface area (Å²) in [5.41, 5.74) is 0. The number of carbonyl (C=O) groups excluding carboxylic acids is 1. The Morgan fingerprint density at radius 3 is 2.60 bits per heavy atom. The van der Waals surface area contributed by atoms with Gasteiger partial charge in [0, 0.05) is 6.54 Å². The smallest absolute Gasteiger partial charge is 0.208 e. The average molecular weight is 140 g/mol. The van der Waals surface area contributed by atoms with Crippen LogP contribution in [-0.2, 0) is 4.79 Å². The highest BCUT2D eigenvalue weighted by molar-refractivity contribution is 5.47. The quantitative estimate of drug-likeness (QED) is 0.310. The fraction of sp³-hybridized carbons (Fsp3) is 0.286. The number of hydrogen-bond donors (Lipinski definition) is 2. The van der Waals surface area contributed by atoms with E-state index in [0.29, 0.717) is 13.0 Å². The highest BCUT2D eigenvalue weighted by Crippen LogP contribution is 1.75. The van der Waals surface area contributed by atoms with Gasteiger partial charge in [-0.1, -0.05) is 18.7 Å². The Morgan fingerprint density at radius 1 is 1.50 bits per heavy atom. The van der Waals surface area contributed by atoms with Crippen molar-refractivity contribution in [1.29, 1.82) is 0 Å².